The number of carbonyl (C=O) groups excluding carboxylic acids is 1. The van der Waals surface area contributed by atoms with E-state index in [2.05, 4.69) is 10.3 Å². The van der Waals surface area contributed by atoms with Crippen molar-refractivity contribution in [1.82, 2.24) is 15.2 Å². The van der Waals surface area contributed by atoms with Crippen LogP contribution in [0.2, 0.25) is 10.0 Å². The highest BCUT2D eigenvalue weighted by Crippen LogP contribution is 2.34. The molecule has 4 nitrogen and oxygen atoms in total. The van der Waals surface area contributed by atoms with Crippen molar-refractivity contribution in [2.45, 2.75) is 31.3 Å². The number of amides is 1. The Labute approximate surface area is 154 Å². The Morgan fingerprint density at radius 1 is 1.25 bits per heavy atom. The zero-order valence-electron chi connectivity index (χ0n) is 13.0. The molecule has 0 saturated carbocycles. The fourth-order valence-corrected chi connectivity index (χ4v) is 4.99. The third-order valence-corrected chi connectivity index (χ3v) is 6.20. The number of benzene rings is 1. The minimum Gasteiger partial charge on any atom is -0.330 e. The lowest BCUT2D eigenvalue weighted by atomic mass is 10.1. The number of nitrogens with zero attached hydrogens (tertiary/aromatic N) is 2. The number of fused-ring (bicyclic) bond motifs is 2. The molecule has 24 heavy (non-hydrogen) atoms. The van der Waals surface area contributed by atoms with Gasteiger partial charge in [0.25, 0.3) is 5.91 Å². The SMILES string of the molecule is O=C(c1csc(-c2ccc(Cl)cc2Cl)n1)N1C2CCNCC1CC2. The molecule has 2 aliphatic rings. The molecule has 2 saturated heterocycles. The number of aromatic nitrogens is 1. The van der Waals surface area contributed by atoms with Crippen LogP contribution in [0.4, 0.5) is 0 Å². The fraction of sp³-hybridized carbons (Fsp3) is 0.412. The topological polar surface area (TPSA) is 45.2 Å². The maximum atomic E-state index is 13.0. The van der Waals surface area contributed by atoms with Crippen LogP contribution in [0, 0.1) is 0 Å². The maximum absolute atomic E-state index is 13.0. The number of thiazole rings is 1. The first-order valence-corrected chi connectivity index (χ1v) is 9.71. The first-order chi connectivity index (χ1) is 11.6. The van der Waals surface area contributed by atoms with Crippen molar-refractivity contribution in [1.29, 1.82) is 0 Å². The van der Waals surface area contributed by atoms with Gasteiger partial charge in [-0.2, -0.15) is 0 Å². The standard InChI is InChI=1S/C17H17Cl2N3OS/c18-10-1-4-13(14(19)7-10)16-21-15(9-24-16)17(23)22-11-2-3-12(22)8-20-6-5-11/h1,4,7,9,11-12,20H,2-3,5-6,8H2. The molecule has 2 aromatic rings. The van der Waals surface area contributed by atoms with E-state index in [1.807, 2.05) is 16.3 Å². The lowest BCUT2D eigenvalue weighted by Gasteiger charge is -2.27. The number of nitrogens with one attached hydrogen (secondary N) is 1. The van der Waals surface area contributed by atoms with Gasteiger partial charge in [0.15, 0.2) is 0 Å². The first kappa shape index (κ1) is 16.3. The van der Waals surface area contributed by atoms with E-state index in [0.29, 0.717) is 21.8 Å². The van der Waals surface area contributed by atoms with E-state index < -0.39 is 0 Å². The van der Waals surface area contributed by atoms with E-state index in [-0.39, 0.29) is 11.9 Å². The summed E-state index contributed by atoms with van der Waals surface area (Å²) in [6, 6.07) is 5.95. The molecule has 4 rings (SSSR count). The van der Waals surface area contributed by atoms with Gasteiger partial charge in [-0.3, -0.25) is 4.79 Å². The van der Waals surface area contributed by atoms with Crippen molar-refractivity contribution in [3.63, 3.8) is 0 Å². The summed E-state index contributed by atoms with van der Waals surface area (Å²) in [5.41, 5.74) is 1.32. The summed E-state index contributed by atoms with van der Waals surface area (Å²) in [5.74, 6) is 0.0405. The van der Waals surface area contributed by atoms with Gasteiger partial charge in [-0.25, -0.2) is 4.98 Å². The molecule has 1 aromatic carbocycles. The predicted octanol–water partition coefficient (Wildman–Crippen LogP) is 4.08. The summed E-state index contributed by atoms with van der Waals surface area (Å²) >= 11 is 13.6. The second-order valence-corrected chi connectivity index (χ2v) is 7.95. The molecule has 1 amide bonds. The quantitative estimate of drug-likeness (QED) is 0.851. The van der Waals surface area contributed by atoms with E-state index in [1.54, 1.807) is 12.1 Å². The molecule has 0 spiro atoms. The van der Waals surface area contributed by atoms with Gasteiger partial charge in [-0.15, -0.1) is 11.3 Å². The van der Waals surface area contributed by atoms with Gasteiger partial charge in [0.2, 0.25) is 0 Å². The summed E-state index contributed by atoms with van der Waals surface area (Å²) in [4.78, 5) is 19.6. The molecule has 2 unspecified atom stereocenters. The highest BCUT2D eigenvalue weighted by molar-refractivity contribution is 7.13. The molecule has 1 aromatic heterocycles. The van der Waals surface area contributed by atoms with Crippen LogP contribution in [0.5, 0.6) is 0 Å². The predicted molar refractivity (Wildman–Crippen MR) is 98.0 cm³/mol. The first-order valence-electron chi connectivity index (χ1n) is 8.08. The minimum absolute atomic E-state index is 0.0405. The van der Waals surface area contributed by atoms with Crippen LogP contribution in [-0.2, 0) is 0 Å². The Balaban J connectivity index is 1.61. The van der Waals surface area contributed by atoms with Crippen LogP contribution in [0.3, 0.4) is 0 Å². The molecule has 1 N–H and O–H groups in total. The summed E-state index contributed by atoms with van der Waals surface area (Å²) in [7, 11) is 0. The van der Waals surface area contributed by atoms with E-state index in [0.717, 1.165) is 42.9 Å². The van der Waals surface area contributed by atoms with Gasteiger partial charge in [0.1, 0.15) is 10.7 Å². The number of halogens is 2. The molecule has 2 fully saturated rings. The molecule has 2 aliphatic heterocycles. The Morgan fingerprint density at radius 3 is 2.92 bits per heavy atom. The van der Waals surface area contributed by atoms with Crippen LogP contribution in [0.1, 0.15) is 29.8 Å². The van der Waals surface area contributed by atoms with Crippen molar-refractivity contribution >= 4 is 40.4 Å². The van der Waals surface area contributed by atoms with E-state index in [1.165, 1.54) is 11.3 Å². The highest BCUT2D eigenvalue weighted by Gasteiger charge is 2.39. The average molecular weight is 382 g/mol. The zero-order chi connectivity index (χ0) is 16.7. The Hall–Kier alpha value is -1.14. The molecule has 3 heterocycles. The van der Waals surface area contributed by atoms with Gasteiger partial charge in [0, 0.05) is 34.6 Å². The fourth-order valence-electron chi connectivity index (χ4n) is 3.60. The Kier molecular flexibility index (Phi) is 4.52. The number of rotatable bonds is 2. The van der Waals surface area contributed by atoms with E-state index in [9.17, 15) is 4.79 Å². The Bertz CT molecular complexity index is 765. The molecular formula is C17H17Cl2N3OS. The second kappa shape index (κ2) is 6.64. The lowest BCUT2D eigenvalue weighted by molar-refractivity contribution is 0.0675. The average Bonchev–Trinajstić information content (AvgIpc) is 3.10. The smallest absolute Gasteiger partial charge is 0.273 e. The minimum atomic E-state index is 0.0405. The zero-order valence-corrected chi connectivity index (χ0v) is 15.3. The number of carbonyl (C=O) groups is 1. The summed E-state index contributed by atoms with van der Waals surface area (Å²) in [5, 5.41) is 7.14. The summed E-state index contributed by atoms with van der Waals surface area (Å²) in [6.07, 6.45) is 3.18. The molecule has 7 heteroatoms. The van der Waals surface area contributed by atoms with Gasteiger partial charge in [-0.05, 0) is 44.0 Å². The summed E-state index contributed by atoms with van der Waals surface area (Å²) < 4.78 is 0. The molecule has 2 bridgehead atoms. The molecule has 0 radical (unpaired) electrons. The van der Waals surface area contributed by atoms with Gasteiger partial charge < -0.3 is 10.2 Å². The van der Waals surface area contributed by atoms with Gasteiger partial charge in [0.05, 0.1) is 5.02 Å². The summed E-state index contributed by atoms with van der Waals surface area (Å²) in [6.45, 7) is 1.86. The van der Waals surface area contributed by atoms with E-state index >= 15 is 0 Å². The van der Waals surface area contributed by atoms with Crippen molar-refractivity contribution in [2.24, 2.45) is 0 Å². The van der Waals surface area contributed by atoms with Crippen molar-refractivity contribution in [3.8, 4) is 10.6 Å². The lowest BCUT2D eigenvalue weighted by Crippen LogP contribution is -2.42. The third kappa shape index (κ3) is 2.94. The molecular weight excluding hydrogens is 365 g/mol. The van der Waals surface area contributed by atoms with Crippen molar-refractivity contribution in [3.05, 3.63) is 39.3 Å². The van der Waals surface area contributed by atoms with Crippen molar-refractivity contribution < 1.29 is 4.79 Å². The highest BCUT2D eigenvalue weighted by atomic mass is 35.5. The van der Waals surface area contributed by atoms with Gasteiger partial charge >= 0.3 is 0 Å². The Morgan fingerprint density at radius 2 is 2.08 bits per heavy atom. The molecule has 126 valence electrons. The van der Waals surface area contributed by atoms with Crippen LogP contribution < -0.4 is 5.32 Å². The maximum Gasteiger partial charge on any atom is 0.273 e. The second-order valence-electron chi connectivity index (χ2n) is 6.25. The van der Waals surface area contributed by atoms with Crippen LogP contribution in [0.25, 0.3) is 10.6 Å². The largest absolute Gasteiger partial charge is 0.330 e. The number of hydrogen-bond donors (Lipinski definition) is 1. The van der Waals surface area contributed by atoms with E-state index in [4.69, 9.17) is 23.2 Å². The van der Waals surface area contributed by atoms with Gasteiger partial charge in [-0.1, -0.05) is 23.2 Å². The van der Waals surface area contributed by atoms with Crippen LogP contribution in [0.15, 0.2) is 23.6 Å². The monoisotopic (exact) mass is 381 g/mol. The number of hydrogen-bond acceptors (Lipinski definition) is 4. The molecule has 2 atom stereocenters. The van der Waals surface area contributed by atoms with Crippen LogP contribution in [-0.4, -0.2) is 41.0 Å². The third-order valence-electron chi connectivity index (χ3n) is 4.77. The molecule has 0 aliphatic carbocycles. The normalized spacial score (nSPS) is 23.3. The van der Waals surface area contributed by atoms with Crippen molar-refractivity contribution in [2.75, 3.05) is 13.1 Å². The van der Waals surface area contributed by atoms with Crippen LogP contribution >= 0.6 is 34.5 Å².